The molecule has 30 heavy (non-hydrogen) atoms. The molecule has 2 aromatic heterocycles. The zero-order chi connectivity index (χ0) is 20.8. The molecule has 0 aliphatic carbocycles. The number of fused-ring (bicyclic) bond motifs is 2. The molecule has 1 aromatic carbocycles. The molecule has 7 nitrogen and oxygen atoms in total. The lowest BCUT2D eigenvalue weighted by Crippen LogP contribution is -2.46. The summed E-state index contributed by atoms with van der Waals surface area (Å²) < 4.78 is 34.1. The van der Waals surface area contributed by atoms with Crippen molar-refractivity contribution in [1.82, 2.24) is 19.7 Å². The van der Waals surface area contributed by atoms with Crippen molar-refractivity contribution in [3.05, 3.63) is 41.9 Å². The number of aromatic nitrogens is 3. The van der Waals surface area contributed by atoms with E-state index in [0.717, 1.165) is 23.8 Å². The lowest BCUT2D eigenvalue weighted by Gasteiger charge is -2.39. The smallest absolute Gasteiger partial charge is 0.289 e. The van der Waals surface area contributed by atoms with Crippen LogP contribution in [0.3, 0.4) is 0 Å². The molecular formula is C21H23F2N5O2. The van der Waals surface area contributed by atoms with Crippen molar-refractivity contribution in [1.29, 1.82) is 0 Å². The first kappa shape index (κ1) is 19.0. The Morgan fingerprint density at radius 3 is 2.77 bits per heavy atom. The number of furan rings is 1. The Morgan fingerprint density at radius 2 is 2.03 bits per heavy atom. The van der Waals surface area contributed by atoms with E-state index in [1.54, 1.807) is 4.90 Å². The first-order valence-electron chi connectivity index (χ1n) is 10.2. The second-order valence-electron chi connectivity index (χ2n) is 8.10. The molecule has 2 aliphatic rings. The number of halogens is 2. The molecule has 1 amide bonds. The number of piperidine rings is 1. The second-order valence-corrected chi connectivity index (χ2v) is 8.10. The van der Waals surface area contributed by atoms with Gasteiger partial charge in [0.25, 0.3) is 12.3 Å². The third-order valence-electron chi connectivity index (χ3n) is 6.42. The summed E-state index contributed by atoms with van der Waals surface area (Å²) in [6.07, 6.45) is 0.596. The van der Waals surface area contributed by atoms with Crippen LogP contribution < -0.4 is 5.32 Å². The average Bonchev–Trinajstić information content (AvgIpc) is 3.37. The Labute approximate surface area is 172 Å². The van der Waals surface area contributed by atoms with Crippen LogP contribution in [-0.2, 0) is 0 Å². The van der Waals surface area contributed by atoms with E-state index in [2.05, 4.69) is 15.4 Å². The Hall–Kier alpha value is -2.97. The van der Waals surface area contributed by atoms with Crippen molar-refractivity contribution >= 4 is 22.8 Å². The molecule has 0 spiro atoms. The molecule has 1 N–H and O–H groups in total. The monoisotopic (exact) mass is 415 g/mol. The maximum absolute atomic E-state index is 13.5. The highest BCUT2D eigenvalue weighted by Crippen LogP contribution is 2.36. The molecule has 0 saturated carbocycles. The summed E-state index contributed by atoms with van der Waals surface area (Å²) in [5.41, 5.74) is 1.56. The molecule has 4 heterocycles. The van der Waals surface area contributed by atoms with Gasteiger partial charge in [0, 0.05) is 30.1 Å². The number of alkyl halides is 2. The summed E-state index contributed by atoms with van der Waals surface area (Å²) in [6, 6.07) is 6.55. The van der Waals surface area contributed by atoms with Crippen molar-refractivity contribution in [2.45, 2.75) is 44.7 Å². The molecule has 3 aromatic rings. The van der Waals surface area contributed by atoms with Crippen LogP contribution in [-0.4, -0.2) is 51.1 Å². The number of benzene rings is 1. The highest BCUT2D eigenvalue weighted by Gasteiger charge is 2.39. The van der Waals surface area contributed by atoms with E-state index in [9.17, 15) is 13.6 Å². The van der Waals surface area contributed by atoms with Gasteiger partial charge in [0.15, 0.2) is 5.76 Å². The van der Waals surface area contributed by atoms with E-state index in [1.807, 2.05) is 31.2 Å². The van der Waals surface area contributed by atoms with E-state index in [-0.39, 0.29) is 17.9 Å². The number of carbonyl (C=O) groups is 1. The van der Waals surface area contributed by atoms with E-state index in [4.69, 9.17) is 4.42 Å². The molecule has 2 atom stereocenters. The van der Waals surface area contributed by atoms with Crippen LogP contribution in [0.5, 0.6) is 0 Å². The van der Waals surface area contributed by atoms with E-state index in [1.165, 1.54) is 11.0 Å². The van der Waals surface area contributed by atoms with Crippen molar-refractivity contribution in [3.8, 4) is 0 Å². The number of para-hydroxylation sites is 1. The number of likely N-dealkylation sites (tertiary alicyclic amines) is 1. The average molecular weight is 415 g/mol. The summed E-state index contributed by atoms with van der Waals surface area (Å²) in [4.78, 5) is 18.9. The first-order valence-corrected chi connectivity index (χ1v) is 10.2. The second kappa shape index (κ2) is 7.37. The van der Waals surface area contributed by atoms with Gasteiger partial charge in [-0.15, -0.1) is 0 Å². The topological polar surface area (TPSA) is 76.2 Å². The number of hydrogen-bond donors (Lipinski definition) is 1. The number of anilines is 1. The molecule has 1 saturated heterocycles. The quantitative estimate of drug-likeness (QED) is 0.703. The standard InChI is InChI=1S/C21H23F2N5O2/c1-12-14-4-2-3-5-17(14)30-18(12)20(29)27-8-6-13(7-9-27)15-10-16(19(22)23)28-21(26-15)24-11-25-28/h2-5,11,13,15-16,19H,6-10H2,1H3,(H,24,25,26)/t15-,16+/m0/s1. The summed E-state index contributed by atoms with van der Waals surface area (Å²) in [7, 11) is 0. The summed E-state index contributed by atoms with van der Waals surface area (Å²) in [5.74, 6) is 0.866. The fourth-order valence-corrected chi connectivity index (χ4v) is 4.73. The van der Waals surface area contributed by atoms with E-state index >= 15 is 0 Å². The number of rotatable bonds is 3. The van der Waals surface area contributed by atoms with Gasteiger partial charge in [-0.2, -0.15) is 10.1 Å². The largest absolute Gasteiger partial charge is 0.451 e. The number of carbonyl (C=O) groups excluding carboxylic acids is 1. The fraction of sp³-hybridized carbons (Fsp3) is 0.476. The molecule has 2 aliphatic heterocycles. The maximum atomic E-state index is 13.5. The first-order chi connectivity index (χ1) is 14.5. The van der Waals surface area contributed by atoms with Crippen LogP contribution in [0, 0.1) is 12.8 Å². The summed E-state index contributed by atoms with van der Waals surface area (Å²) in [5, 5.41) is 8.15. The Balaban J connectivity index is 1.27. The normalized spacial score (nSPS) is 22.3. The van der Waals surface area contributed by atoms with Crippen LogP contribution >= 0.6 is 0 Å². The van der Waals surface area contributed by atoms with Crippen LogP contribution in [0.4, 0.5) is 14.7 Å². The van der Waals surface area contributed by atoms with Gasteiger partial charge in [-0.1, -0.05) is 18.2 Å². The lowest BCUT2D eigenvalue weighted by atomic mass is 9.85. The highest BCUT2D eigenvalue weighted by atomic mass is 19.3. The number of aryl methyl sites for hydroxylation is 1. The minimum absolute atomic E-state index is 0.106. The molecule has 5 rings (SSSR count). The minimum Gasteiger partial charge on any atom is -0.451 e. The van der Waals surface area contributed by atoms with Gasteiger partial charge < -0.3 is 14.6 Å². The van der Waals surface area contributed by atoms with Crippen LogP contribution in [0.25, 0.3) is 11.0 Å². The third kappa shape index (κ3) is 3.12. The zero-order valence-electron chi connectivity index (χ0n) is 16.6. The highest BCUT2D eigenvalue weighted by molar-refractivity contribution is 5.98. The SMILES string of the molecule is Cc1c(C(=O)N2CCC([C@@H]3C[C@H](C(F)F)n4ncnc4N3)CC2)oc2ccccc12. The fourth-order valence-electron chi connectivity index (χ4n) is 4.73. The predicted octanol–water partition coefficient (Wildman–Crippen LogP) is 3.88. The van der Waals surface area contributed by atoms with E-state index in [0.29, 0.717) is 36.8 Å². The Kier molecular flexibility index (Phi) is 4.67. The number of nitrogens with zero attached hydrogens (tertiary/aromatic N) is 4. The maximum Gasteiger partial charge on any atom is 0.289 e. The molecule has 0 unspecified atom stereocenters. The summed E-state index contributed by atoms with van der Waals surface area (Å²) >= 11 is 0. The molecule has 1 fully saturated rings. The van der Waals surface area contributed by atoms with Gasteiger partial charge >= 0.3 is 0 Å². The molecule has 9 heteroatoms. The molecule has 0 bridgehead atoms. The van der Waals surface area contributed by atoms with Gasteiger partial charge in [0.05, 0.1) is 0 Å². The molecule has 158 valence electrons. The van der Waals surface area contributed by atoms with Gasteiger partial charge in [0.2, 0.25) is 5.95 Å². The minimum atomic E-state index is -2.49. The van der Waals surface area contributed by atoms with E-state index < -0.39 is 12.5 Å². The Morgan fingerprint density at radius 1 is 1.27 bits per heavy atom. The van der Waals surface area contributed by atoms with Gasteiger partial charge in [-0.05, 0) is 38.2 Å². The van der Waals surface area contributed by atoms with Crippen molar-refractivity contribution < 1.29 is 18.0 Å². The van der Waals surface area contributed by atoms with Gasteiger partial charge in [0.1, 0.15) is 18.0 Å². The van der Waals surface area contributed by atoms with Crippen molar-refractivity contribution in [2.75, 3.05) is 18.4 Å². The lowest BCUT2D eigenvalue weighted by molar-refractivity contribution is 0.0527. The number of hydrogen-bond acceptors (Lipinski definition) is 5. The molecular weight excluding hydrogens is 392 g/mol. The predicted molar refractivity (Wildman–Crippen MR) is 107 cm³/mol. The summed E-state index contributed by atoms with van der Waals surface area (Å²) in [6.45, 7) is 3.05. The van der Waals surface area contributed by atoms with Crippen molar-refractivity contribution in [2.24, 2.45) is 5.92 Å². The number of nitrogens with one attached hydrogen (secondary N) is 1. The van der Waals surface area contributed by atoms with Crippen LogP contribution in [0.15, 0.2) is 35.0 Å². The van der Waals surface area contributed by atoms with Crippen LogP contribution in [0.2, 0.25) is 0 Å². The number of amides is 1. The third-order valence-corrected chi connectivity index (χ3v) is 6.42. The van der Waals surface area contributed by atoms with Crippen molar-refractivity contribution in [3.63, 3.8) is 0 Å². The van der Waals surface area contributed by atoms with Gasteiger partial charge in [-0.3, -0.25) is 4.79 Å². The van der Waals surface area contributed by atoms with Crippen LogP contribution in [0.1, 0.15) is 41.4 Å². The van der Waals surface area contributed by atoms with Gasteiger partial charge in [-0.25, -0.2) is 13.5 Å². The molecule has 0 radical (unpaired) electrons. The Bertz CT molecular complexity index is 1070. The zero-order valence-corrected chi connectivity index (χ0v) is 16.6.